The molecule has 0 amide bonds. The number of benzene rings is 1. The number of aryl methyl sites for hydroxylation is 1. The summed E-state index contributed by atoms with van der Waals surface area (Å²) in [7, 11) is 1.21. The number of likely N-dealkylation sites (N-methyl/N-ethyl adjacent to an activating group) is 1. The van der Waals surface area contributed by atoms with E-state index in [1.807, 2.05) is 39.0 Å². The zero-order valence-corrected chi connectivity index (χ0v) is 20.1. The predicted octanol–water partition coefficient (Wildman–Crippen LogP) is 3.70. The molecule has 0 spiro atoms. The fourth-order valence-electron chi connectivity index (χ4n) is 3.31. The van der Waals surface area contributed by atoms with Crippen LogP contribution in [-0.2, 0) is 21.2 Å². The lowest BCUT2D eigenvalue weighted by Crippen LogP contribution is -2.41. The molecule has 0 aliphatic carbocycles. The molecule has 0 unspecified atom stereocenters. The van der Waals surface area contributed by atoms with Crippen molar-refractivity contribution in [1.82, 2.24) is 9.29 Å². The van der Waals surface area contributed by atoms with Gasteiger partial charge in [-0.25, -0.2) is 13.4 Å². The normalized spacial score (nSPS) is 12.9. The van der Waals surface area contributed by atoms with E-state index in [0.717, 1.165) is 17.5 Å². The maximum absolute atomic E-state index is 13.2. The SMILES string of the molecule is COCCCOc1cc(C[C@@H](C(C)C)N(C)S(=O)(=O)c2ccc(C)cc2)cnc1OC. The van der Waals surface area contributed by atoms with E-state index in [1.165, 1.54) is 4.31 Å². The first-order chi connectivity index (χ1) is 14.7. The molecule has 0 saturated heterocycles. The van der Waals surface area contributed by atoms with E-state index in [2.05, 4.69) is 4.98 Å². The molecule has 7 nitrogen and oxygen atoms in total. The van der Waals surface area contributed by atoms with Crippen molar-refractivity contribution in [2.75, 3.05) is 34.5 Å². The number of pyridine rings is 1. The van der Waals surface area contributed by atoms with E-state index in [0.29, 0.717) is 36.2 Å². The number of hydrogen-bond donors (Lipinski definition) is 0. The second-order valence-electron chi connectivity index (χ2n) is 7.90. The van der Waals surface area contributed by atoms with E-state index in [-0.39, 0.29) is 12.0 Å². The smallest absolute Gasteiger partial charge is 0.256 e. The van der Waals surface area contributed by atoms with Crippen LogP contribution in [0.2, 0.25) is 0 Å². The number of aromatic nitrogens is 1. The molecule has 0 N–H and O–H groups in total. The minimum Gasteiger partial charge on any atom is -0.488 e. The molecule has 0 fully saturated rings. The van der Waals surface area contributed by atoms with Crippen LogP contribution < -0.4 is 9.47 Å². The van der Waals surface area contributed by atoms with Crippen molar-refractivity contribution in [3.8, 4) is 11.6 Å². The van der Waals surface area contributed by atoms with Crippen LogP contribution in [0.4, 0.5) is 0 Å². The van der Waals surface area contributed by atoms with Crippen molar-refractivity contribution in [3.63, 3.8) is 0 Å². The molecule has 0 aliphatic rings. The second-order valence-corrected chi connectivity index (χ2v) is 9.89. The Morgan fingerprint density at radius 2 is 1.77 bits per heavy atom. The molecule has 2 rings (SSSR count). The van der Waals surface area contributed by atoms with E-state index >= 15 is 0 Å². The molecule has 0 aliphatic heterocycles. The van der Waals surface area contributed by atoms with Gasteiger partial charge in [0, 0.05) is 39.4 Å². The van der Waals surface area contributed by atoms with E-state index in [9.17, 15) is 8.42 Å². The molecule has 2 aromatic rings. The highest BCUT2D eigenvalue weighted by molar-refractivity contribution is 7.89. The lowest BCUT2D eigenvalue weighted by Gasteiger charge is -2.30. The molecule has 172 valence electrons. The van der Waals surface area contributed by atoms with Gasteiger partial charge in [-0.3, -0.25) is 0 Å². The summed E-state index contributed by atoms with van der Waals surface area (Å²) >= 11 is 0. The van der Waals surface area contributed by atoms with Crippen molar-refractivity contribution in [1.29, 1.82) is 0 Å². The Kier molecular flexibility index (Phi) is 9.28. The largest absolute Gasteiger partial charge is 0.488 e. The molecule has 8 heteroatoms. The van der Waals surface area contributed by atoms with Crippen molar-refractivity contribution in [3.05, 3.63) is 47.7 Å². The Morgan fingerprint density at radius 1 is 1.10 bits per heavy atom. The topological polar surface area (TPSA) is 78.0 Å². The number of nitrogens with zero attached hydrogens (tertiary/aromatic N) is 2. The average molecular weight is 451 g/mol. The lowest BCUT2D eigenvalue weighted by atomic mass is 9.97. The monoisotopic (exact) mass is 450 g/mol. The van der Waals surface area contributed by atoms with Crippen molar-refractivity contribution < 1.29 is 22.6 Å². The van der Waals surface area contributed by atoms with Gasteiger partial charge in [-0.05, 0) is 43.0 Å². The van der Waals surface area contributed by atoms with Crippen LogP contribution in [-0.4, -0.2) is 58.2 Å². The highest BCUT2D eigenvalue weighted by Crippen LogP contribution is 2.28. The Bertz CT molecular complexity index is 929. The Morgan fingerprint density at radius 3 is 2.35 bits per heavy atom. The third kappa shape index (κ3) is 6.66. The second kappa shape index (κ2) is 11.5. The number of rotatable bonds is 12. The zero-order valence-electron chi connectivity index (χ0n) is 19.3. The average Bonchev–Trinajstić information content (AvgIpc) is 2.74. The van der Waals surface area contributed by atoms with E-state index < -0.39 is 10.0 Å². The lowest BCUT2D eigenvalue weighted by molar-refractivity contribution is 0.170. The minimum absolute atomic E-state index is 0.0957. The summed E-state index contributed by atoms with van der Waals surface area (Å²) in [6.07, 6.45) is 2.96. The summed E-state index contributed by atoms with van der Waals surface area (Å²) in [6, 6.07) is 8.55. The van der Waals surface area contributed by atoms with Crippen molar-refractivity contribution in [2.24, 2.45) is 5.92 Å². The highest BCUT2D eigenvalue weighted by atomic mass is 32.2. The van der Waals surface area contributed by atoms with Gasteiger partial charge in [0.15, 0.2) is 5.75 Å². The van der Waals surface area contributed by atoms with E-state index in [1.54, 1.807) is 39.6 Å². The molecule has 0 bridgehead atoms. The Hall–Kier alpha value is -2.16. The molecule has 1 aromatic carbocycles. The summed E-state index contributed by atoms with van der Waals surface area (Å²) < 4.78 is 44.0. The highest BCUT2D eigenvalue weighted by Gasteiger charge is 2.30. The predicted molar refractivity (Wildman–Crippen MR) is 121 cm³/mol. The van der Waals surface area contributed by atoms with E-state index in [4.69, 9.17) is 14.2 Å². The van der Waals surface area contributed by atoms with Crippen LogP contribution in [0.5, 0.6) is 11.6 Å². The third-order valence-electron chi connectivity index (χ3n) is 5.20. The molecule has 1 atom stereocenters. The van der Waals surface area contributed by atoms with Crippen LogP contribution in [0, 0.1) is 12.8 Å². The molecule has 0 radical (unpaired) electrons. The zero-order chi connectivity index (χ0) is 23.0. The first-order valence-electron chi connectivity index (χ1n) is 10.4. The molecule has 1 heterocycles. The number of methoxy groups -OCH3 is 2. The van der Waals surface area contributed by atoms with Gasteiger partial charge in [-0.1, -0.05) is 31.5 Å². The van der Waals surface area contributed by atoms with Gasteiger partial charge in [-0.15, -0.1) is 0 Å². The fourth-order valence-corrected chi connectivity index (χ4v) is 4.79. The standard InChI is InChI=1S/C23H34N2O5S/c1-17(2)21(25(4)31(26,27)20-10-8-18(3)9-11-20)14-19-15-22(23(29-6)24-16-19)30-13-7-12-28-5/h8-11,15-17,21H,7,12-14H2,1-6H3/t21-/m0/s1. The van der Waals surface area contributed by atoms with Crippen LogP contribution in [0.25, 0.3) is 0 Å². The summed E-state index contributed by atoms with van der Waals surface area (Å²) in [5.41, 5.74) is 1.90. The first-order valence-corrected chi connectivity index (χ1v) is 11.8. The number of ether oxygens (including phenoxy) is 3. The number of sulfonamides is 1. The van der Waals surface area contributed by atoms with Gasteiger partial charge in [0.05, 0.1) is 18.6 Å². The summed E-state index contributed by atoms with van der Waals surface area (Å²) in [6.45, 7) is 7.05. The molecule has 1 aromatic heterocycles. The molecule has 31 heavy (non-hydrogen) atoms. The maximum atomic E-state index is 13.2. The summed E-state index contributed by atoms with van der Waals surface area (Å²) in [5.74, 6) is 1.05. The minimum atomic E-state index is -3.62. The molecular formula is C23H34N2O5S. The van der Waals surface area contributed by atoms with Gasteiger partial charge in [-0.2, -0.15) is 4.31 Å². The molecule has 0 saturated carbocycles. The third-order valence-corrected chi connectivity index (χ3v) is 7.09. The van der Waals surface area contributed by atoms with Crippen molar-refractivity contribution >= 4 is 10.0 Å². The van der Waals surface area contributed by atoms with Crippen LogP contribution in [0.1, 0.15) is 31.4 Å². The van der Waals surface area contributed by atoms with Gasteiger partial charge in [0.1, 0.15) is 0 Å². The van der Waals surface area contributed by atoms with Crippen LogP contribution >= 0.6 is 0 Å². The summed E-state index contributed by atoms with van der Waals surface area (Å²) in [5, 5.41) is 0. The van der Waals surface area contributed by atoms with Gasteiger partial charge >= 0.3 is 0 Å². The van der Waals surface area contributed by atoms with Gasteiger partial charge in [0.2, 0.25) is 10.0 Å². The van der Waals surface area contributed by atoms with Crippen LogP contribution in [0.3, 0.4) is 0 Å². The quantitative estimate of drug-likeness (QED) is 0.459. The van der Waals surface area contributed by atoms with Gasteiger partial charge in [0.25, 0.3) is 5.88 Å². The number of hydrogen-bond acceptors (Lipinski definition) is 6. The first kappa shape index (κ1) is 25.1. The Balaban J connectivity index is 2.25. The Labute approximate surface area is 186 Å². The van der Waals surface area contributed by atoms with Crippen LogP contribution in [0.15, 0.2) is 41.4 Å². The maximum Gasteiger partial charge on any atom is 0.256 e. The fraction of sp³-hybridized carbons (Fsp3) is 0.522. The van der Waals surface area contributed by atoms with Crippen molar-refractivity contribution in [2.45, 2.75) is 44.6 Å². The summed E-state index contributed by atoms with van der Waals surface area (Å²) in [4.78, 5) is 4.64. The molecular weight excluding hydrogens is 416 g/mol. The van der Waals surface area contributed by atoms with Gasteiger partial charge < -0.3 is 14.2 Å².